The van der Waals surface area contributed by atoms with Crippen LogP contribution in [-0.4, -0.2) is 5.91 Å². The maximum absolute atomic E-state index is 13.1. The minimum Gasteiger partial charge on any atom is -0.398 e. The largest absolute Gasteiger partial charge is 0.398 e. The molecule has 2 aromatic rings. The summed E-state index contributed by atoms with van der Waals surface area (Å²) in [5.41, 5.74) is 8.21. The Bertz CT molecular complexity index is 594. The second kappa shape index (κ2) is 5.52. The standard InChI is InChI=1S/C15H15FN2O/c1-10-2-4-11(5-3-10)9-18-15(19)13-8-12(16)6-7-14(13)17/h2-8H,9,17H2,1H3,(H,18,19). The van der Waals surface area contributed by atoms with E-state index in [1.807, 2.05) is 31.2 Å². The SMILES string of the molecule is Cc1ccc(CNC(=O)c2cc(F)ccc2N)cc1. The third-order valence-corrected chi connectivity index (χ3v) is 2.83. The first-order chi connectivity index (χ1) is 9.06. The molecule has 0 fully saturated rings. The molecule has 0 aliphatic carbocycles. The molecule has 0 aromatic heterocycles. The predicted molar refractivity (Wildman–Crippen MR) is 73.2 cm³/mol. The van der Waals surface area contributed by atoms with Crippen LogP contribution < -0.4 is 11.1 Å². The van der Waals surface area contributed by atoms with E-state index in [4.69, 9.17) is 5.73 Å². The van der Waals surface area contributed by atoms with Crippen molar-refractivity contribution >= 4 is 11.6 Å². The molecule has 0 aliphatic rings. The lowest BCUT2D eigenvalue weighted by Crippen LogP contribution is -2.23. The molecule has 0 spiro atoms. The van der Waals surface area contributed by atoms with Crippen LogP contribution in [0.1, 0.15) is 21.5 Å². The Morgan fingerprint density at radius 1 is 1.21 bits per heavy atom. The molecular weight excluding hydrogens is 243 g/mol. The number of hydrogen-bond donors (Lipinski definition) is 2. The van der Waals surface area contributed by atoms with Gasteiger partial charge in [0.05, 0.1) is 5.56 Å². The molecule has 0 aliphatic heterocycles. The van der Waals surface area contributed by atoms with Gasteiger partial charge in [-0.2, -0.15) is 0 Å². The number of carbonyl (C=O) groups excluding carboxylic acids is 1. The van der Waals surface area contributed by atoms with E-state index in [2.05, 4.69) is 5.32 Å². The van der Waals surface area contributed by atoms with E-state index in [0.717, 1.165) is 17.2 Å². The van der Waals surface area contributed by atoms with Crippen molar-refractivity contribution in [3.8, 4) is 0 Å². The number of rotatable bonds is 3. The number of nitrogens with one attached hydrogen (secondary N) is 1. The fraction of sp³-hybridized carbons (Fsp3) is 0.133. The summed E-state index contributed by atoms with van der Waals surface area (Å²) in [6, 6.07) is 11.6. The number of hydrogen-bond acceptors (Lipinski definition) is 2. The van der Waals surface area contributed by atoms with Gasteiger partial charge in [-0.15, -0.1) is 0 Å². The lowest BCUT2D eigenvalue weighted by atomic mass is 10.1. The summed E-state index contributed by atoms with van der Waals surface area (Å²) >= 11 is 0. The van der Waals surface area contributed by atoms with Gasteiger partial charge in [-0.3, -0.25) is 4.79 Å². The number of nitrogens with two attached hydrogens (primary N) is 1. The van der Waals surface area contributed by atoms with Gasteiger partial charge in [-0.1, -0.05) is 29.8 Å². The Balaban J connectivity index is 2.05. The van der Waals surface area contributed by atoms with Crippen molar-refractivity contribution in [2.45, 2.75) is 13.5 Å². The highest BCUT2D eigenvalue weighted by molar-refractivity contribution is 5.99. The fourth-order valence-electron chi connectivity index (χ4n) is 1.71. The van der Waals surface area contributed by atoms with Crippen molar-refractivity contribution in [2.24, 2.45) is 0 Å². The molecule has 2 rings (SSSR count). The van der Waals surface area contributed by atoms with Crippen LogP contribution in [0.4, 0.5) is 10.1 Å². The number of nitrogen functional groups attached to an aromatic ring is 1. The average molecular weight is 258 g/mol. The molecule has 4 heteroatoms. The highest BCUT2D eigenvalue weighted by atomic mass is 19.1. The Hall–Kier alpha value is -2.36. The van der Waals surface area contributed by atoms with Crippen molar-refractivity contribution in [2.75, 3.05) is 5.73 Å². The van der Waals surface area contributed by atoms with Crippen LogP contribution >= 0.6 is 0 Å². The van der Waals surface area contributed by atoms with Crippen molar-refractivity contribution in [3.05, 3.63) is 65.0 Å². The molecule has 19 heavy (non-hydrogen) atoms. The second-order valence-corrected chi connectivity index (χ2v) is 4.40. The molecule has 3 nitrogen and oxygen atoms in total. The number of carbonyl (C=O) groups is 1. The highest BCUT2D eigenvalue weighted by Crippen LogP contribution is 2.13. The summed E-state index contributed by atoms with van der Waals surface area (Å²) in [5, 5.41) is 2.72. The number of benzene rings is 2. The van der Waals surface area contributed by atoms with Gasteiger partial charge in [0.25, 0.3) is 5.91 Å². The first kappa shape index (κ1) is 13.1. The molecule has 1 amide bonds. The van der Waals surface area contributed by atoms with Gasteiger partial charge in [0.1, 0.15) is 5.82 Å². The molecule has 0 radical (unpaired) electrons. The Kier molecular flexibility index (Phi) is 3.80. The van der Waals surface area contributed by atoms with Crippen molar-refractivity contribution in [3.63, 3.8) is 0 Å². The van der Waals surface area contributed by atoms with Crippen LogP contribution in [0.5, 0.6) is 0 Å². The van der Waals surface area contributed by atoms with Crippen LogP contribution in [0, 0.1) is 12.7 Å². The van der Waals surface area contributed by atoms with Crippen LogP contribution in [0.15, 0.2) is 42.5 Å². The topological polar surface area (TPSA) is 55.1 Å². The maximum atomic E-state index is 13.1. The van der Waals surface area contributed by atoms with Gasteiger partial charge in [0.2, 0.25) is 0 Å². The zero-order valence-electron chi connectivity index (χ0n) is 10.6. The summed E-state index contributed by atoms with van der Waals surface area (Å²) in [6.45, 7) is 2.38. The minimum atomic E-state index is -0.477. The van der Waals surface area contributed by atoms with Crippen molar-refractivity contribution < 1.29 is 9.18 Å². The second-order valence-electron chi connectivity index (χ2n) is 4.40. The number of amides is 1. The van der Waals surface area contributed by atoms with Crippen LogP contribution in [0.2, 0.25) is 0 Å². The molecule has 0 heterocycles. The molecule has 0 saturated carbocycles. The Labute approximate surface area is 111 Å². The van der Waals surface area contributed by atoms with E-state index in [1.54, 1.807) is 0 Å². The summed E-state index contributed by atoms with van der Waals surface area (Å²) in [7, 11) is 0. The molecule has 3 N–H and O–H groups in total. The van der Waals surface area contributed by atoms with Gasteiger partial charge >= 0.3 is 0 Å². The van der Waals surface area contributed by atoms with Crippen molar-refractivity contribution in [1.82, 2.24) is 5.32 Å². The van der Waals surface area contributed by atoms with Crippen LogP contribution in [-0.2, 0) is 6.54 Å². The van der Waals surface area contributed by atoms with Gasteiger partial charge in [0.15, 0.2) is 0 Å². The van der Waals surface area contributed by atoms with Crippen LogP contribution in [0.3, 0.4) is 0 Å². The minimum absolute atomic E-state index is 0.159. The zero-order valence-corrected chi connectivity index (χ0v) is 10.6. The normalized spacial score (nSPS) is 10.2. The third-order valence-electron chi connectivity index (χ3n) is 2.83. The zero-order chi connectivity index (χ0) is 13.8. The van der Waals surface area contributed by atoms with E-state index in [9.17, 15) is 9.18 Å². The highest BCUT2D eigenvalue weighted by Gasteiger charge is 2.10. The Morgan fingerprint density at radius 2 is 1.89 bits per heavy atom. The van der Waals surface area contributed by atoms with E-state index in [-0.39, 0.29) is 17.2 Å². The lowest BCUT2D eigenvalue weighted by Gasteiger charge is -2.08. The van der Waals surface area contributed by atoms with Crippen molar-refractivity contribution in [1.29, 1.82) is 0 Å². The lowest BCUT2D eigenvalue weighted by molar-refractivity contribution is 0.0951. The Morgan fingerprint density at radius 3 is 2.58 bits per heavy atom. The predicted octanol–water partition coefficient (Wildman–Crippen LogP) is 2.65. The van der Waals surface area contributed by atoms with E-state index >= 15 is 0 Å². The molecule has 0 bridgehead atoms. The third kappa shape index (κ3) is 3.31. The molecule has 2 aromatic carbocycles. The molecule has 0 saturated heterocycles. The number of halogens is 1. The number of aryl methyl sites for hydroxylation is 1. The smallest absolute Gasteiger partial charge is 0.253 e. The van der Waals surface area contributed by atoms with E-state index < -0.39 is 5.82 Å². The van der Waals surface area contributed by atoms with E-state index in [1.165, 1.54) is 12.1 Å². The summed E-state index contributed by atoms with van der Waals surface area (Å²) in [4.78, 5) is 11.9. The first-order valence-electron chi connectivity index (χ1n) is 5.95. The van der Waals surface area contributed by atoms with Gasteiger partial charge in [-0.25, -0.2) is 4.39 Å². The fourth-order valence-corrected chi connectivity index (χ4v) is 1.71. The van der Waals surface area contributed by atoms with Crippen LogP contribution in [0.25, 0.3) is 0 Å². The average Bonchev–Trinajstić information content (AvgIpc) is 2.40. The molecule has 0 atom stereocenters. The summed E-state index contributed by atoms with van der Waals surface area (Å²) in [5.74, 6) is -0.854. The maximum Gasteiger partial charge on any atom is 0.253 e. The van der Waals surface area contributed by atoms with Gasteiger partial charge in [-0.05, 0) is 30.7 Å². The molecular formula is C15H15FN2O. The monoisotopic (exact) mass is 258 g/mol. The molecule has 0 unspecified atom stereocenters. The number of anilines is 1. The van der Waals surface area contributed by atoms with E-state index in [0.29, 0.717) is 6.54 Å². The first-order valence-corrected chi connectivity index (χ1v) is 5.95. The van der Waals surface area contributed by atoms with Gasteiger partial charge in [0, 0.05) is 12.2 Å². The quantitative estimate of drug-likeness (QED) is 0.831. The summed E-state index contributed by atoms with van der Waals surface area (Å²) in [6.07, 6.45) is 0. The van der Waals surface area contributed by atoms with Gasteiger partial charge < -0.3 is 11.1 Å². The summed E-state index contributed by atoms with van der Waals surface area (Å²) < 4.78 is 13.1. The molecule has 98 valence electrons.